The topological polar surface area (TPSA) is 80.8 Å². The fraction of sp³-hybridized carbons (Fsp3) is 0.462. The van der Waals surface area contributed by atoms with Crippen LogP contribution in [0.25, 0.3) is 0 Å². The molecule has 1 unspecified atom stereocenters. The summed E-state index contributed by atoms with van der Waals surface area (Å²) in [6.45, 7) is 10.5. The van der Waals surface area contributed by atoms with Crippen molar-refractivity contribution in [2.75, 3.05) is 0 Å². The van der Waals surface area contributed by atoms with Crippen LogP contribution in [0.1, 0.15) is 106 Å². The Morgan fingerprint density at radius 1 is 1.00 bits per heavy atom. The number of H-pyrrole nitrogens is 1. The van der Waals surface area contributed by atoms with Crippen LogP contribution in [0, 0.1) is 0 Å². The second-order valence-corrected chi connectivity index (χ2v) is 8.49. The molecule has 2 aromatic carbocycles. The minimum absolute atomic E-state index is 0. The van der Waals surface area contributed by atoms with Gasteiger partial charge in [0.1, 0.15) is 5.75 Å². The summed E-state index contributed by atoms with van der Waals surface area (Å²) in [5.41, 5.74) is 5.12. The number of aromatic amines is 1. The molecule has 6 nitrogen and oxygen atoms in total. The summed E-state index contributed by atoms with van der Waals surface area (Å²) in [6.07, 6.45) is 3.59. The van der Waals surface area contributed by atoms with E-state index in [4.69, 9.17) is 4.74 Å². The maximum atomic E-state index is 12.5. The van der Waals surface area contributed by atoms with Gasteiger partial charge in [0.05, 0.1) is 0 Å². The standard InChI is InChI=1S/C26H34N4O2.H2/c1-6-9-20-15-22(23(31)8-3)16-21(10-7-2)24(20)32-25(26-27-29-30-28-26)19-13-11-18(12-14-19)17(4)5;/h11-17,25H,6-10H2,1-5H3,(H,27,28,29,30);1H. The van der Waals surface area contributed by atoms with Crippen molar-refractivity contribution in [2.45, 2.75) is 78.7 Å². The second-order valence-electron chi connectivity index (χ2n) is 8.49. The number of aromatic nitrogens is 4. The van der Waals surface area contributed by atoms with Crippen molar-refractivity contribution in [1.29, 1.82) is 0 Å². The van der Waals surface area contributed by atoms with Crippen LogP contribution in [0.4, 0.5) is 0 Å². The van der Waals surface area contributed by atoms with Crippen LogP contribution in [-0.4, -0.2) is 26.4 Å². The van der Waals surface area contributed by atoms with E-state index in [0.717, 1.165) is 53.7 Å². The first-order valence-corrected chi connectivity index (χ1v) is 11.7. The van der Waals surface area contributed by atoms with Gasteiger partial charge in [-0.2, -0.15) is 5.21 Å². The third-order valence-corrected chi connectivity index (χ3v) is 5.66. The molecule has 0 aliphatic rings. The van der Waals surface area contributed by atoms with E-state index in [2.05, 4.69) is 72.6 Å². The molecule has 3 rings (SSSR count). The lowest BCUT2D eigenvalue weighted by atomic mass is 9.95. The minimum Gasteiger partial charge on any atom is -0.477 e. The second kappa shape index (κ2) is 11.0. The molecule has 0 saturated heterocycles. The largest absolute Gasteiger partial charge is 0.477 e. The molecule has 0 amide bonds. The first kappa shape index (κ1) is 23.6. The third-order valence-electron chi connectivity index (χ3n) is 5.66. The molecule has 3 aromatic rings. The van der Waals surface area contributed by atoms with Gasteiger partial charge in [0.25, 0.3) is 0 Å². The highest BCUT2D eigenvalue weighted by atomic mass is 16.5. The quantitative estimate of drug-likeness (QED) is 0.360. The van der Waals surface area contributed by atoms with E-state index >= 15 is 0 Å². The molecule has 0 spiro atoms. The van der Waals surface area contributed by atoms with E-state index in [1.54, 1.807) is 0 Å². The SMILES string of the molecule is CCCc1cc(C(=O)CC)cc(CCC)c1OC(c1ccc(C(C)C)cc1)c1nn[nH]n1.[HH]. The van der Waals surface area contributed by atoms with Gasteiger partial charge >= 0.3 is 0 Å². The predicted molar refractivity (Wildman–Crippen MR) is 128 cm³/mol. The number of Topliss-reactive ketones (excluding diaryl/α,β-unsaturated/α-hetero) is 1. The summed E-state index contributed by atoms with van der Waals surface area (Å²) < 4.78 is 6.68. The fourth-order valence-corrected chi connectivity index (χ4v) is 3.90. The number of rotatable bonds is 11. The molecular formula is C26H36N4O2. The lowest BCUT2D eigenvalue weighted by Crippen LogP contribution is -2.15. The zero-order valence-corrected chi connectivity index (χ0v) is 19.8. The van der Waals surface area contributed by atoms with E-state index < -0.39 is 6.10 Å². The van der Waals surface area contributed by atoms with Crippen LogP contribution < -0.4 is 4.74 Å². The Morgan fingerprint density at radius 2 is 1.59 bits per heavy atom. The Hall–Kier alpha value is -3.02. The van der Waals surface area contributed by atoms with E-state index in [0.29, 0.717) is 18.2 Å². The summed E-state index contributed by atoms with van der Waals surface area (Å²) >= 11 is 0. The van der Waals surface area contributed by atoms with Crippen molar-refractivity contribution in [3.8, 4) is 5.75 Å². The van der Waals surface area contributed by atoms with Crippen LogP contribution in [-0.2, 0) is 12.8 Å². The van der Waals surface area contributed by atoms with Gasteiger partial charge in [-0.05, 0) is 47.6 Å². The Morgan fingerprint density at radius 3 is 2.06 bits per heavy atom. The molecule has 0 aliphatic carbocycles. The number of nitrogens with zero attached hydrogens (tertiary/aromatic N) is 3. The molecular weight excluding hydrogens is 400 g/mol. The number of hydrogen-bond acceptors (Lipinski definition) is 5. The van der Waals surface area contributed by atoms with Crippen LogP contribution in [0.5, 0.6) is 5.75 Å². The van der Waals surface area contributed by atoms with Gasteiger partial charge in [0, 0.05) is 19.0 Å². The van der Waals surface area contributed by atoms with Gasteiger partial charge in [-0.3, -0.25) is 4.79 Å². The Bertz CT molecular complexity index is 990. The van der Waals surface area contributed by atoms with Crippen LogP contribution in [0.2, 0.25) is 0 Å². The average molecular weight is 437 g/mol. The molecule has 0 radical (unpaired) electrons. The molecule has 1 aromatic heterocycles. The molecule has 0 bridgehead atoms. The molecule has 1 heterocycles. The zero-order valence-electron chi connectivity index (χ0n) is 19.8. The Labute approximate surface area is 192 Å². The molecule has 0 saturated carbocycles. The fourth-order valence-electron chi connectivity index (χ4n) is 3.90. The molecule has 32 heavy (non-hydrogen) atoms. The normalized spacial score (nSPS) is 12.2. The molecule has 6 heteroatoms. The highest BCUT2D eigenvalue weighted by Gasteiger charge is 2.24. The summed E-state index contributed by atoms with van der Waals surface area (Å²) in [5, 5.41) is 14.8. The van der Waals surface area contributed by atoms with Crippen LogP contribution in [0.15, 0.2) is 36.4 Å². The molecule has 1 N–H and O–H groups in total. The summed E-state index contributed by atoms with van der Waals surface area (Å²) in [6, 6.07) is 12.4. The number of aryl methyl sites for hydroxylation is 2. The Balaban J connectivity index is 0.00000385. The predicted octanol–water partition coefficient (Wildman–Crippen LogP) is 6.24. The molecule has 1 atom stereocenters. The van der Waals surface area contributed by atoms with Crippen molar-refractivity contribution >= 4 is 5.78 Å². The maximum absolute atomic E-state index is 12.5. The van der Waals surface area contributed by atoms with Crippen molar-refractivity contribution < 1.29 is 11.0 Å². The molecule has 0 fully saturated rings. The smallest absolute Gasteiger partial charge is 0.219 e. The number of benzene rings is 2. The van der Waals surface area contributed by atoms with Gasteiger partial charge in [-0.15, -0.1) is 10.2 Å². The van der Waals surface area contributed by atoms with Crippen molar-refractivity contribution in [3.63, 3.8) is 0 Å². The van der Waals surface area contributed by atoms with Crippen molar-refractivity contribution in [1.82, 2.24) is 20.6 Å². The molecule has 172 valence electrons. The van der Waals surface area contributed by atoms with Gasteiger partial charge < -0.3 is 4.74 Å². The summed E-state index contributed by atoms with van der Waals surface area (Å²) in [5.74, 6) is 1.93. The summed E-state index contributed by atoms with van der Waals surface area (Å²) in [7, 11) is 0. The number of carbonyl (C=O) groups is 1. The van der Waals surface area contributed by atoms with Gasteiger partial charge in [-0.25, -0.2) is 0 Å². The first-order chi connectivity index (χ1) is 15.5. The third kappa shape index (κ3) is 5.42. The van der Waals surface area contributed by atoms with Crippen molar-refractivity contribution in [3.05, 3.63) is 70.0 Å². The van der Waals surface area contributed by atoms with E-state index in [1.165, 1.54) is 5.56 Å². The van der Waals surface area contributed by atoms with Gasteiger partial charge in [0.15, 0.2) is 11.9 Å². The minimum atomic E-state index is -0.492. The van der Waals surface area contributed by atoms with Gasteiger partial charge in [0.2, 0.25) is 5.82 Å². The highest BCUT2D eigenvalue weighted by molar-refractivity contribution is 5.96. The monoisotopic (exact) mass is 436 g/mol. The molecule has 0 aliphatic heterocycles. The highest BCUT2D eigenvalue weighted by Crippen LogP contribution is 2.35. The number of ether oxygens (including phenoxy) is 1. The van der Waals surface area contributed by atoms with E-state index in [9.17, 15) is 4.79 Å². The zero-order chi connectivity index (χ0) is 23.1. The summed E-state index contributed by atoms with van der Waals surface area (Å²) in [4.78, 5) is 12.5. The number of carbonyl (C=O) groups excluding carboxylic acids is 1. The van der Waals surface area contributed by atoms with E-state index in [1.807, 2.05) is 19.1 Å². The van der Waals surface area contributed by atoms with Crippen molar-refractivity contribution in [2.24, 2.45) is 0 Å². The lowest BCUT2D eigenvalue weighted by Gasteiger charge is -2.23. The first-order valence-electron chi connectivity index (χ1n) is 11.7. The number of nitrogens with one attached hydrogen (secondary N) is 1. The number of hydrogen-bond donors (Lipinski definition) is 1. The average Bonchev–Trinajstić information content (AvgIpc) is 3.33. The Kier molecular flexibility index (Phi) is 8.14. The number of ketones is 1. The van der Waals surface area contributed by atoms with Crippen LogP contribution in [0.3, 0.4) is 0 Å². The van der Waals surface area contributed by atoms with Crippen LogP contribution >= 0.6 is 0 Å². The number of tetrazole rings is 1. The maximum Gasteiger partial charge on any atom is 0.219 e. The van der Waals surface area contributed by atoms with Gasteiger partial charge in [-0.1, -0.05) is 76.9 Å². The van der Waals surface area contributed by atoms with E-state index in [-0.39, 0.29) is 7.21 Å². The lowest BCUT2D eigenvalue weighted by molar-refractivity contribution is 0.0988.